The Kier molecular flexibility index (Phi) is 5.14. The summed E-state index contributed by atoms with van der Waals surface area (Å²) in [6, 6.07) is 23.3. The van der Waals surface area contributed by atoms with Crippen LogP contribution in [0.4, 0.5) is 0 Å². The maximum absolute atomic E-state index is 12.9. The lowest BCUT2D eigenvalue weighted by Gasteiger charge is -2.10. The Morgan fingerprint density at radius 1 is 0.935 bits per heavy atom. The molecule has 0 bridgehead atoms. The Morgan fingerprint density at radius 3 is 2.52 bits per heavy atom. The van der Waals surface area contributed by atoms with Crippen LogP contribution >= 0.6 is 11.3 Å². The van der Waals surface area contributed by atoms with Gasteiger partial charge in [-0.05, 0) is 54.5 Å². The highest BCUT2D eigenvalue weighted by Crippen LogP contribution is 2.18. The number of aromatic nitrogens is 2. The Balaban J connectivity index is 1.28. The number of ether oxygens (including phenoxy) is 2. The van der Waals surface area contributed by atoms with Gasteiger partial charge in [0.25, 0.3) is 5.56 Å². The Labute approximate surface area is 182 Å². The molecule has 2 aromatic heterocycles. The Bertz CT molecular complexity index is 1470. The lowest BCUT2D eigenvalue weighted by atomic mass is 10.2. The summed E-state index contributed by atoms with van der Waals surface area (Å²) in [7, 11) is 0. The third-order valence-corrected chi connectivity index (χ3v) is 6.00. The van der Waals surface area contributed by atoms with Gasteiger partial charge in [0.05, 0.1) is 15.6 Å². The first-order valence-electron chi connectivity index (χ1n) is 10.0. The monoisotopic (exact) mass is 428 g/mol. The fraction of sp³-hybridized carbons (Fsp3) is 0.120. The van der Waals surface area contributed by atoms with Gasteiger partial charge in [-0.1, -0.05) is 53.8 Å². The molecule has 5 rings (SSSR count). The highest BCUT2D eigenvalue weighted by Gasteiger charge is 2.10. The van der Waals surface area contributed by atoms with Crippen LogP contribution in [0.5, 0.6) is 11.5 Å². The minimum absolute atomic E-state index is 0.0395. The molecular formula is C25H20N2O3S. The van der Waals surface area contributed by atoms with Gasteiger partial charge in [-0.15, -0.1) is 0 Å². The topological polar surface area (TPSA) is 52.8 Å². The van der Waals surface area contributed by atoms with Crippen LogP contribution in [0, 0.1) is 6.92 Å². The van der Waals surface area contributed by atoms with Gasteiger partial charge in [0.1, 0.15) is 24.7 Å². The number of aryl methyl sites for hydroxylation is 1. The smallest absolute Gasteiger partial charge is 0.274 e. The second-order valence-corrected chi connectivity index (χ2v) is 8.17. The van der Waals surface area contributed by atoms with Crippen LogP contribution in [0.1, 0.15) is 11.1 Å². The van der Waals surface area contributed by atoms with E-state index in [9.17, 15) is 4.79 Å². The number of nitrogens with zero attached hydrogens (tertiary/aromatic N) is 2. The van der Waals surface area contributed by atoms with Crippen LogP contribution in [0.3, 0.4) is 0 Å². The average Bonchev–Trinajstić information content (AvgIpc) is 3.29. The van der Waals surface area contributed by atoms with E-state index in [1.54, 1.807) is 4.40 Å². The van der Waals surface area contributed by atoms with Crippen LogP contribution in [0.15, 0.2) is 77.6 Å². The molecule has 0 saturated heterocycles. The van der Waals surface area contributed by atoms with E-state index in [2.05, 4.69) is 4.98 Å². The van der Waals surface area contributed by atoms with Crippen LogP contribution < -0.4 is 19.6 Å². The van der Waals surface area contributed by atoms with Gasteiger partial charge >= 0.3 is 0 Å². The molecule has 154 valence electrons. The van der Waals surface area contributed by atoms with Crippen molar-refractivity contribution in [2.24, 2.45) is 0 Å². The minimum atomic E-state index is -0.0395. The van der Waals surface area contributed by atoms with Gasteiger partial charge in [-0.2, -0.15) is 0 Å². The molecule has 0 aliphatic carbocycles. The highest BCUT2D eigenvalue weighted by atomic mass is 32.1. The van der Waals surface area contributed by atoms with Crippen molar-refractivity contribution in [3.05, 3.63) is 98.8 Å². The molecule has 0 atom stereocenters. The van der Waals surface area contributed by atoms with Gasteiger partial charge in [0, 0.05) is 0 Å². The molecule has 0 aliphatic rings. The highest BCUT2D eigenvalue weighted by molar-refractivity contribution is 7.15. The molecule has 0 saturated carbocycles. The maximum Gasteiger partial charge on any atom is 0.274 e. The molecule has 0 aliphatic heterocycles. The summed E-state index contributed by atoms with van der Waals surface area (Å²) in [5, 5.41) is 0. The van der Waals surface area contributed by atoms with Crippen LogP contribution in [-0.2, 0) is 0 Å². The van der Waals surface area contributed by atoms with Gasteiger partial charge in [0.2, 0.25) is 0 Å². The van der Waals surface area contributed by atoms with Crippen molar-refractivity contribution in [1.29, 1.82) is 0 Å². The number of imidazole rings is 1. The number of hydrogen-bond donors (Lipinski definition) is 0. The lowest BCUT2D eigenvalue weighted by Crippen LogP contribution is -2.22. The van der Waals surface area contributed by atoms with E-state index in [0.717, 1.165) is 33.7 Å². The van der Waals surface area contributed by atoms with E-state index >= 15 is 0 Å². The number of fused-ring (bicyclic) bond motifs is 3. The van der Waals surface area contributed by atoms with Crippen molar-refractivity contribution < 1.29 is 9.47 Å². The fourth-order valence-corrected chi connectivity index (χ4v) is 4.44. The van der Waals surface area contributed by atoms with Gasteiger partial charge < -0.3 is 9.47 Å². The number of thiazole rings is 1. The van der Waals surface area contributed by atoms with Crippen LogP contribution in [0.2, 0.25) is 0 Å². The van der Waals surface area contributed by atoms with E-state index < -0.39 is 0 Å². The van der Waals surface area contributed by atoms with Crippen molar-refractivity contribution in [2.75, 3.05) is 13.2 Å². The third-order valence-electron chi connectivity index (χ3n) is 5.03. The van der Waals surface area contributed by atoms with E-state index in [-0.39, 0.29) is 5.56 Å². The second kappa shape index (κ2) is 8.24. The molecule has 0 fully saturated rings. The molecule has 0 amide bonds. The summed E-state index contributed by atoms with van der Waals surface area (Å²) in [6.07, 6.45) is 1.89. The second-order valence-electron chi connectivity index (χ2n) is 7.17. The van der Waals surface area contributed by atoms with E-state index in [1.807, 2.05) is 85.8 Å². The van der Waals surface area contributed by atoms with Crippen molar-refractivity contribution in [3.8, 4) is 11.5 Å². The van der Waals surface area contributed by atoms with Crippen LogP contribution in [-0.4, -0.2) is 22.6 Å². The van der Waals surface area contributed by atoms with Crippen LogP contribution in [0.25, 0.3) is 22.1 Å². The zero-order valence-corrected chi connectivity index (χ0v) is 17.8. The normalized spacial score (nSPS) is 12.0. The molecule has 0 N–H and O–H groups in total. The summed E-state index contributed by atoms with van der Waals surface area (Å²) in [4.78, 5) is 18.1. The predicted molar refractivity (Wildman–Crippen MR) is 124 cm³/mol. The first kappa shape index (κ1) is 19.3. The maximum atomic E-state index is 12.9. The van der Waals surface area contributed by atoms with Crippen molar-refractivity contribution in [2.45, 2.75) is 6.92 Å². The van der Waals surface area contributed by atoms with Gasteiger partial charge in [-0.25, -0.2) is 9.38 Å². The Morgan fingerprint density at radius 2 is 1.68 bits per heavy atom. The van der Waals surface area contributed by atoms with Crippen molar-refractivity contribution >= 4 is 33.4 Å². The summed E-state index contributed by atoms with van der Waals surface area (Å²) in [6.45, 7) is 2.95. The first-order chi connectivity index (χ1) is 15.2. The number of hydrogen-bond acceptors (Lipinski definition) is 5. The lowest BCUT2D eigenvalue weighted by molar-refractivity contribution is 0.216. The summed E-state index contributed by atoms with van der Waals surface area (Å²) < 4.78 is 13.9. The number of rotatable bonds is 6. The average molecular weight is 429 g/mol. The van der Waals surface area contributed by atoms with Crippen molar-refractivity contribution in [1.82, 2.24) is 9.38 Å². The quantitative estimate of drug-likeness (QED) is 0.380. The van der Waals surface area contributed by atoms with Gasteiger partial charge in [0.15, 0.2) is 4.96 Å². The number of para-hydroxylation sites is 3. The molecule has 5 nitrogen and oxygen atoms in total. The zero-order chi connectivity index (χ0) is 21.2. The van der Waals surface area contributed by atoms with E-state index in [4.69, 9.17) is 9.47 Å². The van der Waals surface area contributed by atoms with Crippen molar-refractivity contribution in [3.63, 3.8) is 0 Å². The molecule has 0 unspecified atom stereocenters. The molecule has 5 aromatic rings. The number of benzene rings is 3. The van der Waals surface area contributed by atoms with E-state index in [0.29, 0.717) is 22.7 Å². The molecule has 31 heavy (non-hydrogen) atoms. The summed E-state index contributed by atoms with van der Waals surface area (Å²) in [5.41, 5.74) is 3.69. The zero-order valence-electron chi connectivity index (χ0n) is 16.9. The molecule has 2 heterocycles. The standard InChI is InChI=1S/C25H20N2O3S/c1-17-6-2-5-9-22(17)30-15-14-29-19-12-10-18(11-13-19)16-23-24(28)27-21-8-4-3-7-20(21)26-25(27)31-23/h2-13,16H,14-15H2,1H3/b23-16-. The molecular weight excluding hydrogens is 408 g/mol. The fourth-order valence-electron chi connectivity index (χ4n) is 3.45. The molecule has 0 spiro atoms. The Hall–Kier alpha value is -3.64. The summed E-state index contributed by atoms with van der Waals surface area (Å²) in [5.74, 6) is 1.64. The predicted octanol–water partition coefficient (Wildman–Crippen LogP) is 4.22. The summed E-state index contributed by atoms with van der Waals surface area (Å²) >= 11 is 1.40. The minimum Gasteiger partial charge on any atom is -0.490 e. The molecule has 3 aromatic carbocycles. The largest absolute Gasteiger partial charge is 0.490 e. The van der Waals surface area contributed by atoms with E-state index in [1.165, 1.54) is 11.3 Å². The SMILES string of the molecule is Cc1ccccc1OCCOc1ccc(/C=c2\sc3nc4ccccc4n3c2=O)cc1. The molecule has 0 radical (unpaired) electrons. The van der Waals surface area contributed by atoms with Gasteiger partial charge in [-0.3, -0.25) is 4.79 Å². The first-order valence-corrected chi connectivity index (χ1v) is 10.8. The third kappa shape index (κ3) is 3.90. The molecule has 6 heteroatoms.